The molecule has 26 heavy (non-hydrogen) atoms. The van der Waals surface area contributed by atoms with Crippen LogP contribution in [0.1, 0.15) is 12.8 Å². The van der Waals surface area contributed by atoms with Gasteiger partial charge >= 0.3 is 6.03 Å². The summed E-state index contributed by atoms with van der Waals surface area (Å²) in [6.45, 7) is 8.63. The predicted molar refractivity (Wildman–Crippen MR) is 106 cm³/mol. The number of rotatable bonds is 5. The van der Waals surface area contributed by atoms with Crippen molar-refractivity contribution in [2.24, 2.45) is 0 Å². The zero-order chi connectivity index (χ0) is 19.2. The largest absolute Gasteiger partial charge is 0.378 e. The molecule has 2 heterocycles. The molecule has 0 aliphatic carbocycles. The molecule has 2 N–H and O–H groups in total. The fourth-order valence-corrected chi connectivity index (χ4v) is 5.84. The summed E-state index contributed by atoms with van der Waals surface area (Å²) in [5.74, 6) is 1.50. The number of ether oxygens (including phenoxy) is 1. The van der Waals surface area contributed by atoms with E-state index in [1.165, 1.54) is 0 Å². The fourth-order valence-electron chi connectivity index (χ4n) is 3.14. The molecule has 7 nitrogen and oxygen atoms in total. The van der Waals surface area contributed by atoms with Crippen molar-refractivity contribution < 1.29 is 14.3 Å². The van der Waals surface area contributed by atoms with Crippen LogP contribution in [0.5, 0.6) is 0 Å². The Labute approximate surface area is 161 Å². The molecule has 2 aliphatic rings. The van der Waals surface area contributed by atoms with Crippen molar-refractivity contribution in [1.29, 1.82) is 5.26 Å². The topological polar surface area (TPSA) is 94.5 Å². The zero-order valence-corrected chi connectivity index (χ0v) is 17.8. The number of carbonyl (C=O) groups is 2. The normalized spacial score (nSPS) is 21.4. The summed E-state index contributed by atoms with van der Waals surface area (Å²) in [5.41, 5.74) is -0.802. The third-order valence-electron chi connectivity index (χ3n) is 4.65. The second kappa shape index (κ2) is 9.11. The van der Waals surface area contributed by atoms with Crippen LogP contribution in [0.2, 0.25) is 25.7 Å². The Bertz CT molecular complexity index is 549. The summed E-state index contributed by atoms with van der Waals surface area (Å²) >= 11 is 1.80. The van der Waals surface area contributed by atoms with Gasteiger partial charge in [0.25, 0.3) is 0 Å². The summed E-state index contributed by atoms with van der Waals surface area (Å²) in [6.07, 6.45) is 1.30. The Kier molecular flexibility index (Phi) is 7.38. The first-order valence-corrected chi connectivity index (χ1v) is 14.1. The molecule has 146 valence electrons. The Morgan fingerprint density at radius 2 is 1.88 bits per heavy atom. The molecule has 0 radical (unpaired) electrons. The minimum Gasteiger partial charge on any atom is -0.378 e. The molecular formula is C17H30N4O3SSi. The van der Waals surface area contributed by atoms with Crippen LogP contribution < -0.4 is 10.6 Å². The lowest BCUT2D eigenvalue weighted by molar-refractivity contribution is -0.124. The van der Waals surface area contributed by atoms with E-state index in [1.54, 1.807) is 16.7 Å². The maximum atomic E-state index is 13.0. The van der Waals surface area contributed by atoms with Gasteiger partial charge in [-0.3, -0.25) is 4.79 Å². The Hall–Kier alpha value is -1.24. The Morgan fingerprint density at radius 3 is 2.42 bits per heavy atom. The molecule has 1 unspecified atom stereocenters. The number of hydrogen-bond donors (Lipinski definition) is 2. The van der Waals surface area contributed by atoms with E-state index in [9.17, 15) is 14.9 Å². The van der Waals surface area contributed by atoms with Crippen LogP contribution in [0.25, 0.3) is 0 Å². The standard InChI is InChI=1S/C17H30N4O3SSi/c1-26(2,3)12-14(19-16(23)21-6-8-24-9-7-21)15(22)20-17(13-18)4-10-25-11-5-17/h14H,4-12H2,1-3H3,(H,19,23)(H,20,22). The van der Waals surface area contributed by atoms with Gasteiger partial charge in [0.2, 0.25) is 5.91 Å². The summed E-state index contributed by atoms with van der Waals surface area (Å²) in [7, 11) is -1.61. The quantitative estimate of drug-likeness (QED) is 0.687. The van der Waals surface area contributed by atoms with Gasteiger partial charge in [-0.1, -0.05) is 19.6 Å². The number of nitrogens with one attached hydrogen (secondary N) is 2. The first-order chi connectivity index (χ1) is 12.2. The van der Waals surface area contributed by atoms with E-state index in [4.69, 9.17) is 4.74 Å². The third kappa shape index (κ3) is 6.18. The van der Waals surface area contributed by atoms with Gasteiger partial charge in [0.05, 0.1) is 19.3 Å². The van der Waals surface area contributed by atoms with Gasteiger partial charge in [0.15, 0.2) is 0 Å². The van der Waals surface area contributed by atoms with Crippen molar-refractivity contribution >= 4 is 31.8 Å². The van der Waals surface area contributed by atoms with Crippen LogP contribution in [0.4, 0.5) is 4.79 Å². The van der Waals surface area contributed by atoms with E-state index in [-0.39, 0.29) is 11.9 Å². The summed E-state index contributed by atoms with van der Waals surface area (Å²) in [4.78, 5) is 27.2. The molecule has 2 aliphatic heterocycles. The van der Waals surface area contributed by atoms with Crippen LogP contribution >= 0.6 is 11.8 Å². The first kappa shape index (κ1) is 21.1. The smallest absolute Gasteiger partial charge is 0.318 e. The summed E-state index contributed by atoms with van der Waals surface area (Å²) < 4.78 is 5.28. The number of thioether (sulfide) groups is 1. The minimum atomic E-state index is -1.61. The second-order valence-corrected chi connectivity index (χ2v) is 14.9. The molecular weight excluding hydrogens is 368 g/mol. The number of morpholine rings is 1. The van der Waals surface area contributed by atoms with E-state index in [1.807, 2.05) is 0 Å². The molecule has 0 aromatic carbocycles. The number of hydrogen-bond acceptors (Lipinski definition) is 5. The lowest BCUT2D eigenvalue weighted by Crippen LogP contribution is -2.59. The average molecular weight is 399 g/mol. The highest BCUT2D eigenvalue weighted by molar-refractivity contribution is 7.99. The van der Waals surface area contributed by atoms with Gasteiger partial charge in [-0.2, -0.15) is 17.0 Å². The van der Waals surface area contributed by atoms with Crippen LogP contribution in [0.3, 0.4) is 0 Å². The zero-order valence-electron chi connectivity index (χ0n) is 16.0. The van der Waals surface area contributed by atoms with E-state index >= 15 is 0 Å². The number of nitriles is 1. The average Bonchev–Trinajstić information content (AvgIpc) is 2.61. The van der Waals surface area contributed by atoms with Gasteiger partial charge in [-0.25, -0.2) is 4.79 Å². The van der Waals surface area contributed by atoms with E-state index < -0.39 is 19.7 Å². The van der Waals surface area contributed by atoms with Gasteiger partial charge in [0, 0.05) is 21.2 Å². The maximum absolute atomic E-state index is 13.0. The van der Waals surface area contributed by atoms with Gasteiger partial charge < -0.3 is 20.3 Å². The van der Waals surface area contributed by atoms with Crippen molar-refractivity contribution in [2.45, 2.75) is 50.1 Å². The van der Waals surface area contributed by atoms with Crippen LogP contribution in [-0.4, -0.2) is 74.3 Å². The fraction of sp³-hybridized carbons (Fsp3) is 0.824. The highest BCUT2D eigenvalue weighted by Crippen LogP contribution is 2.27. The van der Waals surface area contributed by atoms with Gasteiger partial charge in [0.1, 0.15) is 11.6 Å². The summed E-state index contributed by atoms with van der Waals surface area (Å²) in [5, 5.41) is 15.5. The monoisotopic (exact) mass is 398 g/mol. The Balaban J connectivity index is 2.06. The molecule has 0 aromatic heterocycles. The van der Waals surface area contributed by atoms with E-state index in [0.717, 1.165) is 11.5 Å². The lowest BCUT2D eigenvalue weighted by atomic mass is 9.93. The third-order valence-corrected chi connectivity index (χ3v) is 7.27. The molecule has 1 atom stereocenters. The van der Waals surface area contributed by atoms with E-state index in [2.05, 4.69) is 36.3 Å². The molecule has 0 aromatic rings. The molecule has 2 saturated heterocycles. The highest BCUT2D eigenvalue weighted by Gasteiger charge is 2.37. The SMILES string of the molecule is C[Si](C)(C)CC(NC(=O)N1CCOCC1)C(=O)NC1(C#N)CCSCC1. The molecule has 9 heteroatoms. The predicted octanol–water partition coefficient (Wildman–Crippen LogP) is 1.64. The van der Waals surface area contributed by atoms with E-state index in [0.29, 0.717) is 45.2 Å². The molecule has 0 saturated carbocycles. The second-order valence-electron chi connectivity index (χ2n) is 8.16. The number of amides is 3. The Morgan fingerprint density at radius 1 is 1.27 bits per heavy atom. The van der Waals surface area contributed by atoms with Gasteiger partial charge in [-0.15, -0.1) is 0 Å². The van der Waals surface area contributed by atoms with Crippen molar-refractivity contribution in [3.05, 3.63) is 0 Å². The van der Waals surface area contributed by atoms with Crippen LogP contribution in [-0.2, 0) is 9.53 Å². The maximum Gasteiger partial charge on any atom is 0.318 e. The molecule has 3 amide bonds. The number of carbonyl (C=O) groups excluding carboxylic acids is 2. The summed E-state index contributed by atoms with van der Waals surface area (Å²) in [6, 6.07) is 2.13. The first-order valence-electron chi connectivity index (χ1n) is 9.19. The van der Waals surface area contributed by atoms with Gasteiger partial charge in [-0.05, 0) is 30.4 Å². The molecule has 2 fully saturated rings. The molecule has 0 spiro atoms. The number of nitrogens with zero attached hydrogens (tertiary/aromatic N) is 2. The minimum absolute atomic E-state index is 0.225. The van der Waals surface area contributed by atoms with Crippen molar-refractivity contribution in [3.63, 3.8) is 0 Å². The molecule has 0 bridgehead atoms. The number of urea groups is 1. The molecule has 2 rings (SSSR count). The van der Waals surface area contributed by atoms with Crippen LogP contribution in [0.15, 0.2) is 0 Å². The van der Waals surface area contributed by atoms with Crippen LogP contribution in [0, 0.1) is 11.3 Å². The lowest BCUT2D eigenvalue weighted by Gasteiger charge is -2.35. The highest BCUT2D eigenvalue weighted by atomic mass is 32.2. The van der Waals surface area contributed by atoms with Crippen molar-refractivity contribution in [3.8, 4) is 6.07 Å². The van der Waals surface area contributed by atoms with Crippen molar-refractivity contribution in [2.75, 3.05) is 37.8 Å². The van der Waals surface area contributed by atoms with Crippen molar-refractivity contribution in [1.82, 2.24) is 15.5 Å².